The number of rotatable bonds is 3. The maximum atomic E-state index is 12.1. The third-order valence-electron chi connectivity index (χ3n) is 3.17. The minimum absolute atomic E-state index is 0. The van der Waals surface area contributed by atoms with E-state index in [4.69, 9.17) is 0 Å². The second-order valence-corrected chi connectivity index (χ2v) is 5.93. The summed E-state index contributed by atoms with van der Waals surface area (Å²) in [5, 5.41) is 3.56. The van der Waals surface area contributed by atoms with E-state index in [1.807, 2.05) is 42.5 Å². The van der Waals surface area contributed by atoms with Crippen LogP contribution in [0.15, 0.2) is 72.3 Å². The molecule has 3 nitrogen and oxygen atoms in total. The summed E-state index contributed by atoms with van der Waals surface area (Å²) in [5.41, 5.74) is 0. The molecule has 0 bridgehead atoms. The van der Waals surface area contributed by atoms with Gasteiger partial charge in [-0.15, -0.1) is 0 Å². The van der Waals surface area contributed by atoms with Gasteiger partial charge < -0.3 is 4.18 Å². The fourth-order valence-corrected chi connectivity index (χ4v) is 3.27. The average molecular weight is 311 g/mol. The smallest absolute Gasteiger partial charge is 0.339 e. The Balaban J connectivity index is 0.00000161. The van der Waals surface area contributed by atoms with Gasteiger partial charge in [-0.25, -0.2) is 0 Å². The van der Waals surface area contributed by atoms with Crippen LogP contribution in [0, 0.1) is 0 Å². The largest absolute Gasteiger partial charge is 0.388 e. The zero-order valence-electron chi connectivity index (χ0n) is 10.6. The predicted octanol–water partition coefficient (Wildman–Crippen LogP) is 2.93. The van der Waals surface area contributed by atoms with Crippen LogP contribution in [0.5, 0.6) is 0 Å². The first-order chi connectivity index (χ1) is 9.62. The number of hydrogen-bond donors (Lipinski definition) is 0. The highest BCUT2D eigenvalue weighted by Crippen LogP contribution is 2.28. The van der Waals surface area contributed by atoms with E-state index in [9.17, 15) is 8.42 Å². The normalized spacial score (nSPS) is 11.0. The van der Waals surface area contributed by atoms with Crippen LogP contribution in [0.25, 0.3) is 21.5 Å². The molecular formula is C16H14MgO3S. The van der Waals surface area contributed by atoms with Crippen LogP contribution < -0.4 is 0 Å². The van der Waals surface area contributed by atoms with Crippen molar-refractivity contribution in [3.05, 3.63) is 67.4 Å². The molecule has 0 aliphatic heterocycles. The lowest BCUT2D eigenvalue weighted by Gasteiger charge is -2.08. The van der Waals surface area contributed by atoms with Gasteiger partial charge in [0.25, 0.3) is 0 Å². The Hall–Kier alpha value is -1.56. The van der Waals surface area contributed by atoms with Gasteiger partial charge in [-0.05, 0) is 34.4 Å². The molecule has 3 rings (SSSR count). The summed E-state index contributed by atoms with van der Waals surface area (Å²) in [6.07, 6.45) is 0.926. The molecule has 0 heterocycles. The van der Waals surface area contributed by atoms with Crippen LogP contribution in [0.4, 0.5) is 0 Å². The lowest BCUT2D eigenvalue weighted by molar-refractivity contribution is 0.445. The van der Waals surface area contributed by atoms with Gasteiger partial charge in [0, 0.05) is 5.39 Å². The van der Waals surface area contributed by atoms with Crippen molar-refractivity contribution in [3.63, 3.8) is 0 Å². The molecule has 0 saturated heterocycles. The molecule has 0 aromatic heterocycles. The maximum absolute atomic E-state index is 12.1. The zero-order valence-corrected chi connectivity index (χ0v) is 11.4. The average Bonchev–Trinajstić information content (AvgIpc) is 2.44. The van der Waals surface area contributed by atoms with Gasteiger partial charge in [0.2, 0.25) is 0 Å². The van der Waals surface area contributed by atoms with Gasteiger partial charge in [0.05, 0.1) is 6.26 Å². The van der Waals surface area contributed by atoms with E-state index >= 15 is 0 Å². The monoisotopic (exact) mass is 310 g/mol. The number of fused-ring (bicyclic) bond motifs is 2. The Labute approximate surface area is 139 Å². The Morgan fingerprint density at radius 1 is 0.905 bits per heavy atom. The molecule has 0 fully saturated rings. The molecule has 0 aliphatic carbocycles. The highest BCUT2D eigenvalue weighted by molar-refractivity contribution is 7.87. The topological polar surface area (TPSA) is 43.4 Å². The van der Waals surface area contributed by atoms with Gasteiger partial charge in [-0.1, -0.05) is 43.0 Å². The summed E-state index contributed by atoms with van der Waals surface area (Å²) >= 11 is 0. The molecular weight excluding hydrogens is 297 g/mol. The summed E-state index contributed by atoms with van der Waals surface area (Å²) in [7, 11) is -3.82. The van der Waals surface area contributed by atoms with Crippen molar-refractivity contribution in [2.24, 2.45) is 0 Å². The first-order valence-electron chi connectivity index (χ1n) is 6.07. The highest BCUT2D eigenvalue weighted by Gasteiger charge is 2.17. The van der Waals surface area contributed by atoms with E-state index in [-0.39, 0.29) is 27.9 Å². The molecule has 0 N–H and O–H groups in total. The van der Waals surface area contributed by atoms with Crippen LogP contribution >= 0.6 is 0 Å². The van der Waals surface area contributed by atoms with Crippen molar-refractivity contribution >= 4 is 54.7 Å². The third kappa shape index (κ3) is 2.90. The fraction of sp³-hybridized carbons (Fsp3) is 0. The van der Waals surface area contributed by atoms with Crippen molar-refractivity contribution < 1.29 is 12.6 Å². The Morgan fingerprint density at radius 3 is 2.19 bits per heavy atom. The second-order valence-electron chi connectivity index (χ2n) is 4.39. The van der Waals surface area contributed by atoms with E-state index in [0.717, 1.165) is 22.4 Å². The van der Waals surface area contributed by atoms with Crippen LogP contribution in [0.1, 0.15) is 0 Å². The quantitative estimate of drug-likeness (QED) is 0.323. The molecule has 3 aromatic rings. The molecule has 0 spiro atoms. The maximum Gasteiger partial charge on any atom is 0.339 e. The van der Waals surface area contributed by atoms with Crippen LogP contribution in [0.2, 0.25) is 0 Å². The molecule has 0 radical (unpaired) electrons. The van der Waals surface area contributed by atoms with Gasteiger partial charge >= 0.3 is 33.2 Å². The van der Waals surface area contributed by atoms with Crippen LogP contribution in [-0.2, 0) is 14.3 Å². The van der Waals surface area contributed by atoms with E-state index < -0.39 is 10.1 Å². The highest BCUT2D eigenvalue weighted by atomic mass is 32.2. The lowest BCUT2D eigenvalue weighted by atomic mass is 10.0. The van der Waals surface area contributed by atoms with Crippen LogP contribution in [-0.4, -0.2) is 31.5 Å². The van der Waals surface area contributed by atoms with Crippen molar-refractivity contribution in [2.45, 2.75) is 4.90 Å². The van der Waals surface area contributed by atoms with Crippen LogP contribution in [0.3, 0.4) is 0 Å². The Morgan fingerprint density at radius 2 is 1.52 bits per heavy atom. The Bertz CT molecular complexity index is 917. The number of hydrogen-bond acceptors (Lipinski definition) is 3. The minimum Gasteiger partial charge on any atom is -0.388 e. The summed E-state index contributed by atoms with van der Waals surface area (Å²) < 4.78 is 28.8. The molecule has 0 atom stereocenters. The summed E-state index contributed by atoms with van der Waals surface area (Å²) in [4.78, 5) is 0.153. The predicted molar refractivity (Wildman–Crippen MR) is 88.5 cm³/mol. The standard InChI is InChI=1S/C16H12O3S.Mg.2H/c1-2-19-20(17,18)16-9-5-8-14-10-12-6-3-4-7-13(12)11-15(14)16;;;/h2-11H,1H2;;;. The molecule has 0 saturated carbocycles. The third-order valence-corrected chi connectivity index (χ3v) is 4.45. The fourth-order valence-electron chi connectivity index (χ4n) is 2.30. The van der Waals surface area contributed by atoms with Gasteiger partial charge in [-0.3, -0.25) is 0 Å². The van der Waals surface area contributed by atoms with Gasteiger partial charge in [-0.2, -0.15) is 8.42 Å². The second kappa shape index (κ2) is 6.05. The Kier molecular flexibility index (Phi) is 4.56. The first-order valence-corrected chi connectivity index (χ1v) is 7.48. The molecule has 0 aliphatic rings. The van der Waals surface area contributed by atoms with Gasteiger partial charge in [0.15, 0.2) is 0 Å². The van der Waals surface area contributed by atoms with E-state index in [1.165, 1.54) is 6.07 Å². The van der Waals surface area contributed by atoms with Crippen molar-refractivity contribution in [1.82, 2.24) is 0 Å². The van der Waals surface area contributed by atoms with E-state index in [0.29, 0.717) is 5.39 Å². The van der Waals surface area contributed by atoms with Gasteiger partial charge in [0.1, 0.15) is 4.90 Å². The van der Waals surface area contributed by atoms with Crippen molar-refractivity contribution in [3.8, 4) is 0 Å². The molecule has 0 unspecified atom stereocenters. The molecule has 21 heavy (non-hydrogen) atoms. The minimum atomic E-state index is -3.82. The summed E-state index contributed by atoms with van der Waals surface area (Å²) in [6, 6.07) is 16.8. The van der Waals surface area contributed by atoms with E-state index in [1.54, 1.807) is 6.07 Å². The molecule has 104 valence electrons. The molecule has 3 aromatic carbocycles. The molecule has 5 heteroatoms. The van der Waals surface area contributed by atoms with Crippen molar-refractivity contribution in [2.75, 3.05) is 0 Å². The summed E-state index contributed by atoms with van der Waals surface area (Å²) in [6.45, 7) is 3.30. The van der Waals surface area contributed by atoms with E-state index in [2.05, 4.69) is 10.8 Å². The SMILES string of the molecule is C=COS(=O)(=O)c1cccc2cc3ccccc3cc12.[MgH2]. The molecule has 0 amide bonds. The van der Waals surface area contributed by atoms with Crippen molar-refractivity contribution in [1.29, 1.82) is 0 Å². The first kappa shape index (κ1) is 15.8. The summed E-state index contributed by atoms with van der Waals surface area (Å²) in [5.74, 6) is 0. The lowest BCUT2D eigenvalue weighted by Crippen LogP contribution is -2.02. The zero-order chi connectivity index (χ0) is 14.2. The number of benzene rings is 3.